The molecular formula is C16H22F3N5O3. The van der Waals surface area contributed by atoms with Crippen molar-refractivity contribution in [1.82, 2.24) is 20.6 Å². The molecule has 2 amide bonds. The summed E-state index contributed by atoms with van der Waals surface area (Å²) in [6.07, 6.45) is -2.39. The normalized spacial score (nSPS) is 15.3. The number of carbonyl (C=O) groups excluding carboxylic acids is 2. The first-order valence-corrected chi connectivity index (χ1v) is 8.63. The van der Waals surface area contributed by atoms with Crippen molar-refractivity contribution in [2.45, 2.75) is 38.4 Å². The van der Waals surface area contributed by atoms with Crippen LogP contribution in [-0.2, 0) is 15.7 Å². The van der Waals surface area contributed by atoms with Gasteiger partial charge in [-0.05, 0) is 19.8 Å². The van der Waals surface area contributed by atoms with E-state index in [-0.39, 0.29) is 36.8 Å². The van der Waals surface area contributed by atoms with Gasteiger partial charge in [0.15, 0.2) is 0 Å². The Morgan fingerprint density at radius 3 is 2.63 bits per heavy atom. The minimum Gasteiger partial charge on any atom is -0.466 e. The number of esters is 1. The Hall–Kier alpha value is -2.59. The lowest BCUT2D eigenvalue weighted by Crippen LogP contribution is -2.48. The second kappa shape index (κ2) is 9.38. The number of urea groups is 1. The van der Waals surface area contributed by atoms with Gasteiger partial charge in [0, 0.05) is 31.7 Å². The van der Waals surface area contributed by atoms with Gasteiger partial charge in [-0.3, -0.25) is 4.79 Å². The third-order valence-electron chi connectivity index (χ3n) is 4.02. The lowest BCUT2D eigenvalue weighted by Gasteiger charge is -2.33. The molecule has 1 aromatic rings. The average Bonchev–Trinajstić information content (AvgIpc) is 2.62. The van der Waals surface area contributed by atoms with Crippen molar-refractivity contribution in [2.24, 2.45) is 0 Å². The Kier molecular flexibility index (Phi) is 7.19. The van der Waals surface area contributed by atoms with Crippen molar-refractivity contribution in [3.63, 3.8) is 0 Å². The number of nitrogens with one attached hydrogen (secondary N) is 2. The van der Waals surface area contributed by atoms with Crippen molar-refractivity contribution in [1.29, 1.82) is 0 Å². The number of ether oxygens (including phenoxy) is 1. The summed E-state index contributed by atoms with van der Waals surface area (Å²) < 4.78 is 43.0. The molecule has 0 aliphatic carbocycles. The van der Waals surface area contributed by atoms with Gasteiger partial charge in [-0.1, -0.05) is 0 Å². The summed E-state index contributed by atoms with van der Waals surface area (Å²) in [5, 5.41) is 5.37. The zero-order valence-electron chi connectivity index (χ0n) is 14.9. The highest BCUT2D eigenvalue weighted by atomic mass is 19.4. The van der Waals surface area contributed by atoms with Crippen molar-refractivity contribution in [2.75, 3.05) is 31.1 Å². The number of hydrogen-bond donors (Lipinski definition) is 2. The summed E-state index contributed by atoms with van der Waals surface area (Å²) in [4.78, 5) is 31.9. The third-order valence-corrected chi connectivity index (χ3v) is 4.02. The molecule has 2 N–H and O–H groups in total. The minimum absolute atomic E-state index is 0.0922. The number of nitrogens with zero attached hydrogens (tertiary/aromatic N) is 3. The van der Waals surface area contributed by atoms with Gasteiger partial charge in [0.05, 0.1) is 13.0 Å². The highest BCUT2D eigenvalue weighted by Gasteiger charge is 2.33. The Labute approximate surface area is 154 Å². The molecule has 0 aromatic carbocycles. The zero-order valence-corrected chi connectivity index (χ0v) is 14.9. The maximum absolute atomic E-state index is 12.7. The van der Waals surface area contributed by atoms with E-state index in [1.165, 1.54) is 0 Å². The molecule has 150 valence electrons. The number of aromatic nitrogens is 2. The van der Waals surface area contributed by atoms with Gasteiger partial charge in [-0.25, -0.2) is 14.8 Å². The van der Waals surface area contributed by atoms with Crippen LogP contribution in [-0.4, -0.2) is 54.3 Å². The van der Waals surface area contributed by atoms with Crippen LogP contribution in [0.3, 0.4) is 0 Å². The molecule has 0 atom stereocenters. The Morgan fingerprint density at radius 2 is 2.00 bits per heavy atom. The summed E-state index contributed by atoms with van der Waals surface area (Å²) in [5.74, 6) is -0.163. The predicted octanol–water partition coefficient (Wildman–Crippen LogP) is 1.72. The molecule has 0 spiro atoms. The number of halogens is 3. The van der Waals surface area contributed by atoms with E-state index in [4.69, 9.17) is 4.74 Å². The van der Waals surface area contributed by atoms with Crippen molar-refractivity contribution in [3.8, 4) is 0 Å². The molecule has 2 rings (SSSR count). The number of piperidine rings is 1. The van der Waals surface area contributed by atoms with Crippen LogP contribution in [0.5, 0.6) is 0 Å². The van der Waals surface area contributed by atoms with Crippen molar-refractivity contribution in [3.05, 3.63) is 18.1 Å². The van der Waals surface area contributed by atoms with Crippen LogP contribution in [0.2, 0.25) is 0 Å². The SMILES string of the molecule is CCOC(=O)CCNC(=O)NC1CCN(c2cc(C(F)(F)F)ncn2)CC1. The van der Waals surface area contributed by atoms with Crippen LogP contribution < -0.4 is 15.5 Å². The molecule has 1 fully saturated rings. The van der Waals surface area contributed by atoms with Gasteiger partial charge in [0.2, 0.25) is 0 Å². The lowest BCUT2D eigenvalue weighted by atomic mass is 10.1. The third kappa shape index (κ3) is 6.57. The second-order valence-corrected chi connectivity index (χ2v) is 5.98. The van der Waals surface area contributed by atoms with Crippen LogP contribution in [0.1, 0.15) is 31.9 Å². The molecule has 1 aliphatic rings. The molecule has 0 bridgehead atoms. The molecule has 0 radical (unpaired) electrons. The zero-order chi connectivity index (χ0) is 19.9. The van der Waals surface area contributed by atoms with Gasteiger partial charge in [-0.15, -0.1) is 0 Å². The number of alkyl halides is 3. The molecular weight excluding hydrogens is 367 g/mol. The van der Waals surface area contributed by atoms with Crippen LogP contribution in [0, 0.1) is 0 Å². The van der Waals surface area contributed by atoms with E-state index in [0.29, 0.717) is 32.5 Å². The molecule has 27 heavy (non-hydrogen) atoms. The topological polar surface area (TPSA) is 96.4 Å². The molecule has 8 nitrogen and oxygen atoms in total. The molecule has 1 aromatic heterocycles. The minimum atomic E-state index is -4.51. The van der Waals surface area contributed by atoms with Crippen molar-refractivity contribution < 1.29 is 27.5 Å². The fraction of sp³-hybridized carbons (Fsp3) is 0.625. The van der Waals surface area contributed by atoms with E-state index in [9.17, 15) is 22.8 Å². The first-order valence-electron chi connectivity index (χ1n) is 8.63. The molecule has 0 saturated carbocycles. The van der Waals surface area contributed by atoms with Gasteiger partial charge in [0.25, 0.3) is 0 Å². The molecule has 2 heterocycles. The first-order chi connectivity index (χ1) is 12.8. The second-order valence-electron chi connectivity index (χ2n) is 5.98. The van der Waals surface area contributed by atoms with Gasteiger partial charge < -0.3 is 20.3 Å². The number of anilines is 1. The summed E-state index contributed by atoms with van der Waals surface area (Å²) in [5.41, 5.74) is -0.978. The van der Waals surface area contributed by atoms with E-state index in [2.05, 4.69) is 20.6 Å². The summed E-state index contributed by atoms with van der Waals surface area (Å²) >= 11 is 0. The highest BCUT2D eigenvalue weighted by Crippen LogP contribution is 2.29. The van der Waals surface area contributed by atoms with Gasteiger partial charge in [-0.2, -0.15) is 13.2 Å². The standard InChI is InChI=1S/C16H22F3N5O3/c1-2-27-14(25)3-6-20-15(26)23-11-4-7-24(8-5-11)13-9-12(16(17,18)19)21-10-22-13/h9-11H,2-8H2,1H3,(H2,20,23,26). The Morgan fingerprint density at radius 1 is 1.30 bits per heavy atom. The van der Waals surface area contributed by atoms with Gasteiger partial charge >= 0.3 is 18.2 Å². The predicted molar refractivity (Wildman–Crippen MR) is 90.1 cm³/mol. The molecule has 0 unspecified atom stereocenters. The molecule has 1 saturated heterocycles. The molecule has 11 heteroatoms. The smallest absolute Gasteiger partial charge is 0.433 e. The largest absolute Gasteiger partial charge is 0.466 e. The van der Waals surface area contributed by atoms with E-state index >= 15 is 0 Å². The number of hydrogen-bond acceptors (Lipinski definition) is 6. The van der Waals surface area contributed by atoms with E-state index in [0.717, 1.165) is 12.4 Å². The Balaban J connectivity index is 1.75. The first kappa shape index (κ1) is 20.7. The molecule has 1 aliphatic heterocycles. The maximum Gasteiger partial charge on any atom is 0.433 e. The fourth-order valence-corrected chi connectivity index (χ4v) is 2.68. The fourth-order valence-electron chi connectivity index (χ4n) is 2.68. The van der Waals surface area contributed by atoms with Gasteiger partial charge in [0.1, 0.15) is 17.8 Å². The summed E-state index contributed by atoms with van der Waals surface area (Å²) in [6.45, 7) is 3.09. The van der Waals surface area contributed by atoms with E-state index in [1.807, 2.05) is 0 Å². The summed E-state index contributed by atoms with van der Waals surface area (Å²) in [6, 6.07) is 0.433. The average molecular weight is 389 g/mol. The van der Waals surface area contributed by atoms with E-state index < -0.39 is 11.9 Å². The number of rotatable bonds is 6. The summed E-state index contributed by atoms with van der Waals surface area (Å²) in [7, 11) is 0. The quantitative estimate of drug-likeness (QED) is 0.719. The van der Waals surface area contributed by atoms with Crippen LogP contribution >= 0.6 is 0 Å². The van der Waals surface area contributed by atoms with Crippen molar-refractivity contribution >= 4 is 17.8 Å². The number of amides is 2. The Bertz CT molecular complexity index is 648. The van der Waals surface area contributed by atoms with Crippen LogP contribution in [0.25, 0.3) is 0 Å². The number of carbonyl (C=O) groups is 2. The maximum atomic E-state index is 12.7. The van der Waals surface area contributed by atoms with Crippen LogP contribution in [0.4, 0.5) is 23.8 Å². The monoisotopic (exact) mass is 389 g/mol. The van der Waals surface area contributed by atoms with Crippen LogP contribution in [0.15, 0.2) is 12.4 Å². The highest BCUT2D eigenvalue weighted by molar-refractivity contribution is 5.75. The lowest BCUT2D eigenvalue weighted by molar-refractivity contribution is -0.143. The van der Waals surface area contributed by atoms with E-state index in [1.54, 1.807) is 11.8 Å².